The number of nitrogens with one attached hydrogen (secondary N) is 2. The second kappa shape index (κ2) is 7.39. The average molecular weight is 379 g/mol. The molecular weight excluding hydrogens is 362 g/mol. The minimum absolute atomic E-state index is 0.0689. The fraction of sp³-hybridized carbons (Fsp3) is 0.158. The van der Waals surface area contributed by atoms with Crippen LogP contribution in [0.15, 0.2) is 59.7 Å². The fourth-order valence-electron chi connectivity index (χ4n) is 2.88. The molecule has 4 rings (SSSR count). The number of amides is 3. The maximum atomic E-state index is 12.5. The molecule has 2 aromatic heterocycles. The normalized spacial score (nSPS) is 13.9. The van der Waals surface area contributed by atoms with Gasteiger partial charge in [-0.2, -0.15) is 5.10 Å². The Kier molecular flexibility index (Phi) is 4.63. The maximum Gasteiger partial charge on any atom is 0.259 e. The summed E-state index contributed by atoms with van der Waals surface area (Å²) in [5.74, 6) is -0.632. The minimum Gasteiger partial charge on any atom is -0.472 e. The number of carbonyl (C=O) groups is 3. The standard InChI is InChI=1S/C19H17N5O4/c25-17-11-23(7-6-20-17)19(27)13-1-3-16(4-2-13)24-10-15(9-21-24)22-18(26)14-5-8-28-12-14/h1-5,8-10,12H,6-7,11H2,(H,20,25)(H,22,26). The van der Waals surface area contributed by atoms with Crippen LogP contribution in [0.5, 0.6) is 0 Å². The van der Waals surface area contributed by atoms with Crippen LogP contribution in [-0.4, -0.2) is 52.0 Å². The number of benzene rings is 1. The van der Waals surface area contributed by atoms with Gasteiger partial charge < -0.3 is 20.0 Å². The van der Waals surface area contributed by atoms with Crippen LogP contribution in [-0.2, 0) is 4.79 Å². The first-order valence-electron chi connectivity index (χ1n) is 8.65. The highest BCUT2D eigenvalue weighted by Gasteiger charge is 2.22. The smallest absolute Gasteiger partial charge is 0.259 e. The summed E-state index contributed by atoms with van der Waals surface area (Å²) in [6.45, 7) is 1.02. The molecule has 0 saturated carbocycles. The van der Waals surface area contributed by atoms with Crippen LogP contribution in [0.3, 0.4) is 0 Å². The Balaban J connectivity index is 1.44. The molecular formula is C19H17N5O4. The van der Waals surface area contributed by atoms with Crippen molar-refractivity contribution >= 4 is 23.4 Å². The van der Waals surface area contributed by atoms with Crippen LogP contribution >= 0.6 is 0 Å². The second-order valence-corrected chi connectivity index (χ2v) is 6.26. The molecule has 3 aromatic rings. The van der Waals surface area contributed by atoms with Gasteiger partial charge in [0.25, 0.3) is 11.8 Å². The number of hydrogen-bond acceptors (Lipinski definition) is 5. The molecule has 1 aliphatic rings. The number of hydrogen-bond donors (Lipinski definition) is 2. The number of anilines is 1. The van der Waals surface area contributed by atoms with Gasteiger partial charge in [-0.05, 0) is 30.3 Å². The molecule has 28 heavy (non-hydrogen) atoms. The topological polar surface area (TPSA) is 109 Å². The van der Waals surface area contributed by atoms with Gasteiger partial charge >= 0.3 is 0 Å². The van der Waals surface area contributed by atoms with Gasteiger partial charge in [0.1, 0.15) is 6.26 Å². The highest BCUT2D eigenvalue weighted by atomic mass is 16.3. The number of rotatable bonds is 4. The van der Waals surface area contributed by atoms with E-state index in [4.69, 9.17) is 4.42 Å². The van der Waals surface area contributed by atoms with E-state index in [1.54, 1.807) is 41.2 Å². The summed E-state index contributed by atoms with van der Waals surface area (Å²) < 4.78 is 6.48. The molecule has 0 aliphatic carbocycles. The molecule has 1 aliphatic heterocycles. The van der Waals surface area contributed by atoms with Gasteiger partial charge in [-0.1, -0.05) is 0 Å². The van der Waals surface area contributed by atoms with Gasteiger partial charge in [-0.15, -0.1) is 0 Å². The zero-order valence-electron chi connectivity index (χ0n) is 14.8. The van der Waals surface area contributed by atoms with E-state index in [0.717, 1.165) is 5.69 Å². The highest BCUT2D eigenvalue weighted by molar-refractivity contribution is 6.03. The van der Waals surface area contributed by atoms with Crippen LogP contribution < -0.4 is 10.6 Å². The molecule has 0 spiro atoms. The Hall–Kier alpha value is -3.88. The van der Waals surface area contributed by atoms with E-state index in [1.165, 1.54) is 23.6 Å². The Morgan fingerprint density at radius 2 is 1.96 bits per heavy atom. The third-order valence-corrected chi connectivity index (χ3v) is 4.33. The van der Waals surface area contributed by atoms with Gasteiger partial charge in [0.05, 0.1) is 42.1 Å². The summed E-state index contributed by atoms with van der Waals surface area (Å²) in [6.07, 6.45) is 5.99. The zero-order chi connectivity index (χ0) is 19.5. The van der Waals surface area contributed by atoms with Crippen LogP contribution in [0.2, 0.25) is 0 Å². The van der Waals surface area contributed by atoms with Gasteiger partial charge in [0.2, 0.25) is 5.91 Å². The lowest BCUT2D eigenvalue weighted by Crippen LogP contribution is -2.49. The molecule has 9 heteroatoms. The number of nitrogens with zero attached hydrogens (tertiary/aromatic N) is 3. The Bertz CT molecular complexity index is 1010. The summed E-state index contributed by atoms with van der Waals surface area (Å²) in [4.78, 5) is 37.5. The van der Waals surface area contributed by atoms with E-state index < -0.39 is 0 Å². The zero-order valence-corrected chi connectivity index (χ0v) is 14.8. The van der Waals surface area contributed by atoms with Crippen LogP contribution in [0.25, 0.3) is 5.69 Å². The van der Waals surface area contributed by atoms with Gasteiger partial charge in [-0.25, -0.2) is 4.68 Å². The van der Waals surface area contributed by atoms with Gasteiger partial charge in [0.15, 0.2) is 0 Å². The minimum atomic E-state index is -0.292. The molecule has 9 nitrogen and oxygen atoms in total. The van der Waals surface area contributed by atoms with Crippen molar-refractivity contribution in [1.82, 2.24) is 20.0 Å². The first-order valence-corrected chi connectivity index (χ1v) is 8.65. The lowest BCUT2D eigenvalue weighted by molar-refractivity contribution is -0.123. The van der Waals surface area contributed by atoms with E-state index in [-0.39, 0.29) is 24.3 Å². The van der Waals surface area contributed by atoms with E-state index in [9.17, 15) is 14.4 Å². The molecule has 142 valence electrons. The molecule has 1 saturated heterocycles. The van der Waals surface area contributed by atoms with Crippen LogP contribution in [0.1, 0.15) is 20.7 Å². The van der Waals surface area contributed by atoms with Crippen LogP contribution in [0.4, 0.5) is 5.69 Å². The van der Waals surface area contributed by atoms with Crippen molar-refractivity contribution in [2.75, 3.05) is 25.0 Å². The molecule has 1 aromatic carbocycles. The van der Waals surface area contributed by atoms with Crippen molar-refractivity contribution in [3.8, 4) is 5.69 Å². The van der Waals surface area contributed by atoms with Crippen molar-refractivity contribution in [3.63, 3.8) is 0 Å². The Morgan fingerprint density at radius 3 is 2.68 bits per heavy atom. The summed E-state index contributed by atoms with van der Waals surface area (Å²) in [6, 6.07) is 8.46. The average Bonchev–Trinajstić information content (AvgIpc) is 3.40. The number of aromatic nitrogens is 2. The molecule has 0 unspecified atom stereocenters. The summed E-state index contributed by atoms with van der Waals surface area (Å²) >= 11 is 0. The molecule has 2 N–H and O–H groups in total. The Labute approximate surface area is 159 Å². The van der Waals surface area contributed by atoms with E-state index in [1.807, 2.05) is 0 Å². The molecule has 0 bridgehead atoms. The highest BCUT2D eigenvalue weighted by Crippen LogP contribution is 2.15. The summed E-state index contributed by atoms with van der Waals surface area (Å²) in [7, 11) is 0. The van der Waals surface area contributed by atoms with Crippen molar-refractivity contribution < 1.29 is 18.8 Å². The van der Waals surface area contributed by atoms with Gasteiger partial charge in [0, 0.05) is 18.7 Å². The van der Waals surface area contributed by atoms with E-state index in [0.29, 0.717) is 29.9 Å². The number of carbonyl (C=O) groups excluding carboxylic acids is 3. The largest absolute Gasteiger partial charge is 0.472 e. The van der Waals surface area contributed by atoms with Crippen LogP contribution in [0, 0.1) is 0 Å². The second-order valence-electron chi connectivity index (χ2n) is 6.26. The molecule has 1 fully saturated rings. The maximum absolute atomic E-state index is 12.5. The molecule has 3 heterocycles. The third-order valence-electron chi connectivity index (χ3n) is 4.33. The van der Waals surface area contributed by atoms with E-state index >= 15 is 0 Å². The summed E-state index contributed by atoms with van der Waals surface area (Å²) in [5.41, 5.74) is 2.18. The predicted molar refractivity (Wildman–Crippen MR) is 99.1 cm³/mol. The first kappa shape index (κ1) is 17.5. The summed E-state index contributed by atoms with van der Waals surface area (Å²) in [5, 5.41) is 9.65. The van der Waals surface area contributed by atoms with Crippen molar-refractivity contribution in [2.45, 2.75) is 0 Å². The number of piperazine rings is 1. The quantitative estimate of drug-likeness (QED) is 0.710. The molecule has 0 radical (unpaired) electrons. The SMILES string of the molecule is O=C1CN(C(=O)c2ccc(-n3cc(NC(=O)c4ccoc4)cn3)cc2)CCN1. The lowest BCUT2D eigenvalue weighted by atomic mass is 10.1. The van der Waals surface area contributed by atoms with Crippen molar-refractivity contribution in [3.05, 3.63) is 66.4 Å². The lowest BCUT2D eigenvalue weighted by Gasteiger charge is -2.26. The molecule has 3 amide bonds. The Morgan fingerprint density at radius 1 is 1.14 bits per heavy atom. The van der Waals surface area contributed by atoms with Crippen molar-refractivity contribution in [2.24, 2.45) is 0 Å². The first-order chi connectivity index (χ1) is 13.6. The third kappa shape index (κ3) is 3.63. The van der Waals surface area contributed by atoms with E-state index in [2.05, 4.69) is 15.7 Å². The molecule has 0 atom stereocenters. The van der Waals surface area contributed by atoms with Gasteiger partial charge in [-0.3, -0.25) is 14.4 Å². The fourth-order valence-corrected chi connectivity index (χ4v) is 2.88. The monoisotopic (exact) mass is 379 g/mol. The number of furan rings is 1. The van der Waals surface area contributed by atoms with Crippen molar-refractivity contribution in [1.29, 1.82) is 0 Å². The predicted octanol–water partition coefficient (Wildman–Crippen LogP) is 1.29.